The van der Waals surface area contributed by atoms with E-state index in [1.54, 1.807) is 29.8 Å². The van der Waals surface area contributed by atoms with Crippen molar-refractivity contribution >= 4 is 33.9 Å². The van der Waals surface area contributed by atoms with E-state index in [-0.39, 0.29) is 11.6 Å². The van der Waals surface area contributed by atoms with E-state index in [1.165, 1.54) is 6.07 Å². The van der Waals surface area contributed by atoms with Crippen molar-refractivity contribution in [3.05, 3.63) is 59.5 Å². The number of carbonyl (C=O) groups excluding carboxylic acids is 1. The lowest BCUT2D eigenvalue weighted by molar-refractivity contribution is 0.102. The van der Waals surface area contributed by atoms with E-state index < -0.39 is 5.82 Å². The van der Waals surface area contributed by atoms with Gasteiger partial charge in [-0.05, 0) is 52.6 Å². The Bertz CT molecular complexity index is 1340. The number of benzene rings is 1. The van der Waals surface area contributed by atoms with Crippen LogP contribution in [0.2, 0.25) is 0 Å². The lowest BCUT2D eigenvalue weighted by Crippen LogP contribution is -2.31. The van der Waals surface area contributed by atoms with Crippen molar-refractivity contribution in [1.29, 1.82) is 0 Å². The first kappa shape index (κ1) is 20.5. The second-order valence-corrected chi connectivity index (χ2v) is 8.73. The largest absolute Gasteiger partial charge is 0.460 e. The Labute approximate surface area is 185 Å². The number of furan rings is 1. The molecule has 1 amide bonds. The molecule has 5 rings (SSSR count). The van der Waals surface area contributed by atoms with Crippen LogP contribution in [-0.4, -0.2) is 53.4 Å². The number of anilines is 2. The number of imidazole rings is 1. The highest BCUT2D eigenvalue weighted by atomic mass is 19.1. The summed E-state index contributed by atoms with van der Waals surface area (Å²) in [5.41, 5.74) is 3.32. The Hall–Kier alpha value is -3.39. The van der Waals surface area contributed by atoms with Crippen molar-refractivity contribution in [3.63, 3.8) is 0 Å². The summed E-state index contributed by atoms with van der Waals surface area (Å²) < 4.78 is 21.9. The Morgan fingerprint density at radius 3 is 2.81 bits per heavy atom. The molecule has 0 spiro atoms. The van der Waals surface area contributed by atoms with Gasteiger partial charge in [-0.3, -0.25) is 4.79 Å². The summed E-state index contributed by atoms with van der Waals surface area (Å²) in [7, 11) is 4.20. The number of aromatic nitrogens is 2. The van der Waals surface area contributed by atoms with E-state index in [2.05, 4.69) is 34.2 Å². The predicted molar refractivity (Wildman–Crippen MR) is 123 cm³/mol. The molecule has 0 aliphatic carbocycles. The first-order valence-corrected chi connectivity index (χ1v) is 10.7. The highest BCUT2D eigenvalue weighted by Gasteiger charge is 2.27. The maximum absolute atomic E-state index is 14.4. The van der Waals surface area contributed by atoms with Crippen molar-refractivity contribution in [3.8, 4) is 0 Å². The third kappa shape index (κ3) is 3.50. The van der Waals surface area contributed by atoms with Crippen LogP contribution in [0.4, 0.5) is 15.8 Å². The smallest absolute Gasteiger partial charge is 0.259 e. The molecular formula is C24H26FN5O2. The zero-order valence-electron chi connectivity index (χ0n) is 18.6. The summed E-state index contributed by atoms with van der Waals surface area (Å²) in [5.74, 6) is -0.0972. The van der Waals surface area contributed by atoms with Gasteiger partial charge in [-0.1, -0.05) is 0 Å². The molecule has 3 aromatic heterocycles. The highest BCUT2D eigenvalue weighted by molar-refractivity contribution is 6.13. The molecule has 1 fully saturated rings. The zero-order chi connectivity index (χ0) is 22.6. The van der Waals surface area contributed by atoms with Gasteiger partial charge in [0.05, 0.1) is 16.9 Å². The molecule has 0 radical (unpaired) electrons. The van der Waals surface area contributed by atoms with Gasteiger partial charge in [-0.25, -0.2) is 9.37 Å². The lowest BCUT2D eigenvalue weighted by Gasteiger charge is -2.22. The first-order chi connectivity index (χ1) is 15.3. The number of carbonyl (C=O) groups is 1. The molecule has 7 nitrogen and oxygen atoms in total. The summed E-state index contributed by atoms with van der Waals surface area (Å²) in [6.45, 7) is 5.56. The van der Waals surface area contributed by atoms with Crippen LogP contribution >= 0.6 is 0 Å². The molecule has 1 aromatic carbocycles. The van der Waals surface area contributed by atoms with Crippen LogP contribution in [0, 0.1) is 19.7 Å². The zero-order valence-corrected chi connectivity index (χ0v) is 18.6. The fourth-order valence-corrected chi connectivity index (χ4v) is 4.52. The number of rotatable bonds is 4. The molecular weight excluding hydrogens is 409 g/mol. The molecule has 0 saturated carbocycles. The molecule has 166 valence electrons. The Kier molecular flexibility index (Phi) is 4.89. The number of pyridine rings is 1. The summed E-state index contributed by atoms with van der Waals surface area (Å²) in [5, 5.41) is 3.72. The monoisotopic (exact) mass is 435 g/mol. The van der Waals surface area contributed by atoms with Gasteiger partial charge in [0, 0.05) is 48.7 Å². The molecule has 1 N–H and O–H groups in total. The standard InChI is InChI=1S/C24H26FN5O2/c1-14-11-30-12-16(10-20(25)23(30)26-14)27-24(31)18-5-6-21(19-9-15(2)32-22(18)19)29-8-7-17(13-29)28(3)4/h5-6,9-12,17H,7-8,13H2,1-4H3,(H,27,31). The van der Waals surface area contributed by atoms with Gasteiger partial charge >= 0.3 is 0 Å². The summed E-state index contributed by atoms with van der Waals surface area (Å²) >= 11 is 0. The average Bonchev–Trinajstić information content (AvgIpc) is 3.44. The van der Waals surface area contributed by atoms with E-state index in [9.17, 15) is 9.18 Å². The van der Waals surface area contributed by atoms with Crippen molar-refractivity contribution in [1.82, 2.24) is 14.3 Å². The lowest BCUT2D eigenvalue weighted by atomic mass is 10.1. The molecule has 1 saturated heterocycles. The minimum Gasteiger partial charge on any atom is -0.460 e. The van der Waals surface area contributed by atoms with Crippen LogP contribution in [0.3, 0.4) is 0 Å². The number of nitrogens with one attached hydrogen (secondary N) is 1. The predicted octanol–water partition coefficient (Wildman–Crippen LogP) is 4.23. The minimum absolute atomic E-state index is 0.232. The number of hydrogen-bond donors (Lipinski definition) is 1. The number of fused-ring (bicyclic) bond motifs is 2. The van der Waals surface area contributed by atoms with E-state index in [4.69, 9.17) is 4.42 Å². The minimum atomic E-state index is -0.491. The normalized spacial score (nSPS) is 16.6. The number of halogens is 1. The fourth-order valence-electron chi connectivity index (χ4n) is 4.52. The molecule has 1 unspecified atom stereocenters. The molecule has 8 heteroatoms. The summed E-state index contributed by atoms with van der Waals surface area (Å²) in [6, 6.07) is 7.52. The number of hydrogen-bond acceptors (Lipinski definition) is 5. The van der Waals surface area contributed by atoms with Crippen LogP contribution in [0.15, 0.2) is 41.1 Å². The number of likely N-dealkylation sites (N-methyl/N-ethyl adjacent to an activating group) is 1. The van der Waals surface area contributed by atoms with Gasteiger partial charge in [-0.2, -0.15) is 0 Å². The Morgan fingerprint density at radius 1 is 1.25 bits per heavy atom. The van der Waals surface area contributed by atoms with Gasteiger partial charge in [-0.15, -0.1) is 0 Å². The van der Waals surface area contributed by atoms with Crippen LogP contribution in [-0.2, 0) is 0 Å². The van der Waals surface area contributed by atoms with E-state index in [0.29, 0.717) is 28.6 Å². The van der Waals surface area contributed by atoms with Crippen LogP contribution in [0.1, 0.15) is 28.2 Å². The second-order valence-electron chi connectivity index (χ2n) is 8.73. The van der Waals surface area contributed by atoms with Crippen molar-refractivity contribution < 1.29 is 13.6 Å². The van der Waals surface area contributed by atoms with Crippen LogP contribution in [0.25, 0.3) is 16.6 Å². The van der Waals surface area contributed by atoms with E-state index in [0.717, 1.165) is 36.3 Å². The second kappa shape index (κ2) is 7.63. The van der Waals surface area contributed by atoms with Crippen molar-refractivity contribution in [2.75, 3.05) is 37.4 Å². The van der Waals surface area contributed by atoms with E-state index in [1.807, 2.05) is 19.1 Å². The Morgan fingerprint density at radius 2 is 2.06 bits per heavy atom. The molecule has 0 bridgehead atoms. The van der Waals surface area contributed by atoms with Gasteiger partial charge in [0.25, 0.3) is 5.91 Å². The van der Waals surface area contributed by atoms with Gasteiger partial charge < -0.3 is 23.9 Å². The van der Waals surface area contributed by atoms with Crippen molar-refractivity contribution in [2.45, 2.75) is 26.3 Å². The number of nitrogens with zero attached hydrogens (tertiary/aromatic N) is 4. The third-order valence-corrected chi connectivity index (χ3v) is 6.15. The topological polar surface area (TPSA) is 66.0 Å². The van der Waals surface area contributed by atoms with E-state index >= 15 is 0 Å². The first-order valence-electron chi connectivity index (χ1n) is 10.7. The molecule has 4 aromatic rings. The number of amides is 1. The SMILES string of the molecule is Cc1cn2cc(NC(=O)c3ccc(N4CCC(N(C)C)C4)c4cc(C)oc34)cc(F)c2n1. The highest BCUT2D eigenvalue weighted by Crippen LogP contribution is 2.35. The van der Waals surface area contributed by atoms with Crippen molar-refractivity contribution in [2.24, 2.45) is 0 Å². The average molecular weight is 436 g/mol. The molecule has 1 atom stereocenters. The third-order valence-electron chi connectivity index (χ3n) is 6.15. The fraction of sp³-hybridized carbons (Fsp3) is 0.333. The summed E-state index contributed by atoms with van der Waals surface area (Å²) in [4.78, 5) is 21.9. The number of aryl methyl sites for hydroxylation is 2. The maximum Gasteiger partial charge on any atom is 0.259 e. The van der Waals surface area contributed by atoms with Crippen LogP contribution in [0.5, 0.6) is 0 Å². The molecule has 32 heavy (non-hydrogen) atoms. The maximum atomic E-state index is 14.4. The van der Waals surface area contributed by atoms with Gasteiger partial charge in [0.1, 0.15) is 11.3 Å². The van der Waals surface area contributed by atoms with Gasteiger partial charge in [0.15, 0.2) is 11.5 Å². The van der Waals surface area contributed by atoms with Crippen LogP contribution < -0.4 is 10.2 Å². The van der Waals surface area contributed by atoms with Gasteiger partial charge in [0.2, 0.25) is 0 Å². The summed E-state index contributed by atoms with van der Waals surface area (Å²) in [6.07, 6.45) is 4.46. The molecule has 1 aliphatic heterocycles. The Balaban J connectivity index is 1.48. The molecule has 1 aliphatic rings. The molecule has 4 heterocycles. The quantitative estimate of drug-likeness (QED) is 0.520.